The van der Waals surface area contributed by atoms with Gasteiger partial charge >= 0.3 is 0 Å². The van der Waals surface area contributed by atoms with Crippen LogP contribution < -0.4 is 55.4 Å². The molecule has 0 fully saturated rings. The van der Waals surface area contributed by atoms with E-state index in [1.54, 1.807) is 36.4 Å². The molecular formula is C59H93N5O10. The van der Waals surface area contributed by atoms with Gasteiger partial charge in [0.25, 0.3) is 17.7 Å². The molecule has 0 saturated carbocycles. The largest absolute Gasteiger partial charge is 0.490 e. The lowest BCUT2D eigenvalue weighted by Gasteiger charge is -2.33. The Balaban J connectivity index is 1.90. The van der Waals surface area contributed by atoms with Gasteiger partial charge in [-0.05, 0) is 126 Å². The Morgan fingerprint density at radius 2 is 0.676 bits per heavy atom. The van der Waals surface area contributed by atoms with Gasteiger partial charge in [0.15, 0.2) is 34.5 Å². The van der Waals surface area contributed by atoms with Crippen LogP contribution in [-0.4, -0.2) is 96.0 Å². The zero-order chi connectivity index (χ0) is 53.7. The summed E-state index contributed by atoms with van der Waals surface area (Å²) in [7, 11) is 0. The van der Waals surface area contributed by atoms with E-state index in [-0.39, 0.29) is 43.3 Å². The summed E-state index contributed by atoms with van der Waals surface area (Å²) in [4.78, 5) is 56.4. The van der Waals surface area contributed by atoms with Gasteiger partial charge in [0.1, 0.15) is 0 Å². The van der Waals surface area contributed by atoms with Gasteiger partial charge in [-0.3, -0.25) is 19.2 Å². The third-order valence-corrected chi connectivity index (χ3v) is 12.7. The van der Waals surface area contributed by atoms with Crippen LogP contribution in [0.15, 0.2) is 54.6 Å². The molecule has 6 N–H and O–H groups in total. The Hall–Kier alpha value is -5.70. The number of amides is 4. The van der Waals surface area contributed by atoms with Crippen molar-refractivity contribution in [3.63, 3.8) is 0 Å². The Kier molecular flexibility index (Phi) is 32.1. The second-order valence-electron chi connectivity index (χ2n) is 18.9. The fourth-order valence-electron chi connectivity index (χ4n) is 8.19. The van der Waals surface area contributed by atoms with Gasteiger partial charge in [-0.25, -0.2) is 0 Å². The molecule has 414 valence electrons. The van der Waals surface area contributed by atoms with Crippen molar-refractivity contribution >= 4 is 23.6 Å². The monoisotopic (exact) mass is 1030 g/mol. The molecule has 4 amide bonds. The molecule has 3 rings (SSSR count). The highest BCUT2D eigenvalue weighted by molar-refractivity contribution is 5.99. The number of hydrogen-bond donors (Lipinski definition) is 5. The molecule has 3 aromatic rings. The number of nitrogens with one attached hydrogen (secondary N) is 4. The van der Waals surface area contributed by atoms with E-state index >= 15 is 0 Å². The van der Waals surface area contributed by atoms with Gasteiger partial charge in [-0.15, -0.1) is 0 Å². The highest BCUT2D eigenvalue weighted by Crippen LogP contribution is 2.37. The van der Waals surface area contributed by atoms with Crippen LogP contribution in [0.25, 0.3) is 0 Å². The standard InChI is InChI=1S/C59H93N5O10/c1-7-13-40-69-49-29-19-26-46(52(49)72-43-16-10-4)55(65)61-36-22-32-59(58(68)64-39-25-35-60,33-23-37-62-56(66)47-27-20-30-50(70-41-14-8-2)53(47)73-44-17-11-5)34-24-38-63-57(67)48-28-21-31-51(71-42-15-9-3)54(48)74-45-18-12-6/h19-21,26-31H,7-18,22-25,32-45,60H2,1-6H3,(H,61,65)(H,62,66)(H,63,67)(H,64,68). The number of unbranched alkanes of at least 4 members (excludes halogenated alkanes) is 6. The molecule has 0 aliphatic heterocycles. The molecule has 0 aliphatic carbocycles. The molecule has 0 aromatic heterocycles. The molecular weight excluding hydrogens is 939 g/mol. The molecule has 0 radical (unpaired) electrons. The number of ether oxygens (including phenoxy) is 6. The molecule has 3 aromatic carbocycles. The van der Waals surface area contributed by atoms with Gasteiger partial charge < -0.3 is 55.4 Å². The maximum Gasteiger partial charge on any atom is 0.255 e. The fraction of sp³-hybridized carbons (Fsp3) is 0.627. The van der Waals surface area contributed by atoms with E-state index in [4.69, 9.17) is 34.2 Å². The number of benzene rings is 3. The van der Waals surface area contributed by atoms with Crippen molar-refractivity contribution in [3.8, 4) is 34.5 Å². The number of carbonyl (C=O) groups excluding carboxylic acids is 4. The van der Waals surface area contributed by atoms with E-state index in [1.165, 1.54) is 0 Å². The van der Waals surface area contributed by atoms with Gasteiger partial charge in [-0.2, -0.15) is 0 Å². The van der Waals surface area contributed by atoms with Crippen molar-refractivity contribution in [1.29, 1.82) is 0 Å². The number of carbonyl (C=O) groups is 4. The lowest BCUT2D eigenvalue weighted by Crippen LogP contribution is -2.43. The zero-order valence-electron chi connectivity index (χ0n) is 46.1. The third-order valence-electron chi connectivity index (χ3n) is 12.7. The minimum Gasteiger partial charge on any atom is -0.490 e. The van der Waals surface area contributed by atoms with Gasteiger partial charge in [0, 0.05) is 31.6 Å². The zero-order valence-corrected chi connectivity index (χ0v) is 46.1. The number of hydrogen-bond acceptors (Lipinski definition) is 11. The quantitative estimate of drug-likeness (QED) is 0.0338. The van der Waals surface area contributed by atoms with Crippen molar-refractivity contribution in [2.45, 2.75) is 164 Å². The maximum absolute atomic E-state index is 14.6. The third kappa shape index (κ3) is 22.0. The Labute approximate surface area is 443 Å². The van der Waals surface area contributed by atoms with E-state index < -0.39 is 5.41 Å². The predicted molar refractivity (Wildman–Crippen MR) is 296 cm³/mol. The second kappa shape index (κ2) is 37.9. The van der Waals surface area contributed by atoms with E-state index in [1.807, 2.05) is 18.2 Å². The minimum absolute atomic E-state index is 0.134. The van der Waals surface area contributed by atoms with Crippen LogP contribution in [0.1, 0.15) is 195 Å². The Morgan fingerprint density at radius 3 is 0.959 bits per heavy atom. The molecule has 0 bridgehead atoms. The smallest absolute Gasteiger partial charge is 0.255 e. The number of para-hydroxylation sites is 3. The van der Waals surface area contributed by atoms with Crippen LogP contribution in [0.3, 0.4) is 0 Å². The first-order valence-corrected chi connectivity index (χ1v) is 28.1. The second-order valence-corrected chi connectivity index (χ2v) is 18.9. The van der Waals surface area contributed by atoms with Crippen molar-refractivity contribution < 1.29 is 47.6 Å². The molecule has 15 nitrogen and oxygen atoms in total. The number of nitrogens with two attached hydrogens (primary N) is 1. The van der Waals surface area contributed by atoms with Crippen LogP contribution in [-0.2, 0) is 4.79 Å². The maximum atomic E-state index is 14.6. The van der Waals surface area contributed by atoms with Crippen molar-refractivity contribution in [2.75, 3.05) is 72.4 Å². The van der Waals surface area contributed by atoms with Crippen molar-refractivity contribution in [3.05, 3.63) is 71.3 Å². The molecule has 74 heavy (non-hydrogen) atoms. The average molecular weight is 1030 g/mol. The predicted octanol–water partition coefficient (Wildman–Crippen LogP) is 11.1. The van der Waals surface area contributed by atoms with E-state index in [2.05, 4.69) is 62.8 Å². The summed E-state index contributed by atoms with van der Waals surface area (Å²) in [5, 5.41) is 12.4. The first kappa shape index (κ1) is 62.6. The lowest BCUT2D eigenvalue weighted by atomic mass is 9.74. The minimum atomic E-state index is -0.931. The molecule has 0 unspecified atom stereocenters. The number of rotatable bonds is 43. The van der Waals surface area contributed by atoms with Gasteiger partial charge in [0.05, 0.1) is 56.3 Å². The van der Waals surface area contributed by atoms with Crippen LogP contribution in [0, 0.1) is 5.41 Å². The first-order chi connectivity index (χ1) is 36.1. The van der Waals surface area contributed by atoms with Gasteiger partial charge in [0.2, 0.25) is 5.91 Å². The summed E-state index contributed by atoms with van der Waals surface area (Å²) >= 11 is 0. The topological polar surface area (TPSA) is 198 Å². The van der Waals surface area contributed by atoms with E-state index in [9.17, 15) is 19.2 Å². The van der Waals surface area contributed by atoms with Crippen LogP contribution in [0.4, 0.5) is 0 Å². The van der Waals surface area contributed by atoms with E-state index in [0.29, 0.717) is 149 Å². The SMILES string of the molecule is CCCCOc1cccc(C(=O)NCCCC(CCCNC(=O)c2cccc(OCCCC)c2OCCCC)(CCCNC(=O)c2cccc(OCCCC)c2OCCCC)C(=O)NCCCN)c1OCCCC. The average Bonchev–Trinajstić information content (AvgIpc) is 3.40. The summed E-state index contributed by atoms with van der Waals surface area (Å²) < 4.78 is 36.7. The van der Waals surface area contributed by atoms with Crippen molar-refractivity contribution in [1.82, 2.24) is 21.3 Å². The molecule has 0 spiro atoms. The Morgan fingerprint density at radius 1 is 0.392 bits per heavy atom. The van der Waals surface area contributed by atoms with Crippen LogP contribution >= 0.6 is 0 Å². The fourth-order valence-corrected chi connectivity index (χ4v) is 8.19. The van der Waals surface area contributed by atoms with Gasteiger partial charge in [-0.1, -0.05) is 98.3 Å². The lowest BCUT2D eigenvalue weighted by molar-refractivity contribution is -0.132. The summed E-state index contributed by atoms with van der Waals surface area (Å²) in [5.41, 5.74) is 6.12. The molecule has 0 heterocycles. The molecule has 0 atom stereocenters. The summed E-state index contributed by atoms with van der Waals surface area (Å²) in [6.07, 6.45) is 14.1. The van der Waals surface area contributed by atoms with Crippen LogP contribution in [0.5, 0.6) is 34.5 Å². The molecule has 15 heteroatoms. The Bertz CT molecular complexity index is 1850. The highest BCUT2D eigenvalue weighted by atomic mass is 16.5. The highest BCUT2D eigenvalue weighted by Gasteiger charge is 2.37. The molecule has 0 saturated heterocycles. The van der Waals surface area contributed by atoms with Crippen LogP contribution in [0.2, 0.25) is 0 Å². The van der Waals surface area contributed by atoms with E-state index in [0.717, 1.165) is 77.0 Å². The normalized spacial score (nSPS) is 11.1. The summed E-state index contributed by atoms with van der Waals surface area (Å²) in [6.45, 7) is 17.1. The first-order valence-electron chi connectivity index (χ1n) is 28.1. The molecule has 0 aliphatic rings. The summed E-state index contributed by atoms with van der Waals surface area (Å²) in [6, 6.07) is 16.1. The summed E-state index contributed by atoms with van der Waals surface area (Å²) in [5.74, 6) is 1.88. The van der Waals surface area contributed by atoms with Crippen molar-refractivity contribution in [2.24, 2.45) is 11.1 Å².